The van der Waals surface area contributed by atoms with Crippen LogP contribution in [0.25, 0.3) is 5.65 Å². The molecular weight excluding hydrogens is 254 g/mol. The van der Waals surface area contributed by atoms with Gasteiger partial charge in [0.05, 0.1) is 6.20 Å². The largest absolute Gasteiger partial charge is 0.381 e. The van der Waals surface area contributed by atoms with Gasteiger partial charge in [0, 0.05) is 38.2 Å². The normalized spacial score (nSPS) is 16.4. The molecule has 3 heterocycles. The molecule has 0 amide bonds. The second kappa shape index (κ2) is 6.09. The van der Waals surface area contributed by atoms with Crippen molar-refractivity contribution in [1.82, 2.24) is 14.4 Å². The van der Waals surface area contributed by atoms with Crippen molar-refractivity contribution in [3.8, 4) is 0 Å². The predicted molar refractivity (Wildman–Crippen MR) is 79.2 cm³/mol. The van der Waals surface area contributed by atoms with E-state index in [1.54, 1.807) is 6.20 Å². The van der Waals surface area contributed by atoms with E-state index in [0.717, 1.165) is 56.3 Å². The van der Waals surface area contributed by atoms with E-state index < -0.39 is 0 Å². The third-order valence-electron chi connectivity index (χ3n) is 3.49. The van der Waals surface area contributed by atoms with Crippen LogP contribution in [0.15, 0.2) is 18.6 Å². The molecule has 6 heteroatoms. The molecule has 0 unspecified atom stereocenters. The fraction of sp³-hybridized carbons (Fsp3) is 0.571. The van der Waals surface area contributed by atoms with Crippen molar-refractivity contribution in [1.29, 1.82) is 0 Å². The number of rotatable bonds is 5. The molecule has 2 N–H and O–H groups in total. The van der Waals surface area contributed by atoms with Gasteiger partial charge < -0.3 is 19.8 Å². The van der Waals surface area contributed by atoms with Crippen molar-refractivity contribution in [3.63, 3.8) is 0 Å². The number of hydrogen-bond acceptors (Lipinski definition) is 5. The molecule has 1 fully saturated rings. The summed E-state index contributed by atoms with van der Waals surface area (Å²) in [7, 11) is 0. The van der Waals surface area contributed by atoms with Crippen molar-refractivity contribution in [3.05, 3.63) is 18.6 Å². The molecule has 0 spiro atoms. The topological polar surface area (TPSA) is 63.5 Å². The Kier molecular flexibility index (Phi) is 4.01. The minimum Gasteiger partial charge on any atom is -0.381 e. The van der Waals surface area contributed by atoms with Crippen LogP contribution in [-0.4, -0.2) is 40.2 Å². The predicted octanol–water partition coefficient (Wildman–Crippen LogP) is 2.14. The maximum absolute atomic E-state index is 5.39. The highest BCUT2D eigenvalue weighted by Crippen LogP contribution is 2.20. The molecule has 6 nitrogen and oxygen atoms in total. The van der Waals surface area contributed by atoms with Gasteiger partial charge in [-0.1, -0.05) is 6.92 Å². The molecule has 0 atom stereocenters. The number of nitrogens with zero attached hydrogens (tertiary/aromatic N) is 3. The van der Waals surface area contributed by atoms with Gasteiger partial charge in [-0.3, -0.25) is 0 Å². The molecule has 1 aliphatic rings. The van der Waals surface area contributed by atoms with Crippen LogP contribution >= 0.6 is 0 Å². The summed E-state index contributed by atoms with van der Waals surface area (Å²) in [6, 6.07) is 0.415. The summed E-state index contributed by atoms with van der Waals surface area (Å²) in [4.78, 5) is 9.04. The van der Waals surface area contributed by atoms with E-state index in [9.17, 15) is 0 Å². The summed E-state index contributed by atoms with van der Waals surface area (Å²) in [5.41, 5.74) is 0.874. The van der Waals surface area contributed by atoms with Crippen molar-refractivity contribution in [2.45, 2.75) is 32.2 Å². The van der Waals surface area contributed by atoms with Gasteiger partial charge in [0.25, 0.3) is 0 Å². The minimum atomic E-state index is 0.415. The van der Waals surface area contributed by atoms with E-state index in [1.807, 2.05) is 16.8 Å². The molecule has 2 aromatic heterocycles. The number of hydrogen-bond donors (Lipinski definition) is 2. The monoisotopic (exact) mass is 275 g/mol. The fourth-order valence-electron chi connectivity index (χ4n) is 2.40. The van der Waals surface area contributed by atoms with Gasteiger partial charge in [-0.05, 0) is 19.3 Å². The summed E-state index contributed by atoms with van der Waals surface area (Å²) < 4.78 is 7.40. The van der Waals surface area contributed by atoms with E-state index in [2.05, 4.69) is 27.5 Å². The van der Waals surface area contributed by atoms with Gasteiger partial charge >= 0.3 is 0 Å². The Hall–Kier alpha value is -1.82. The first kappa shape index (κ1) is 13.2. The quantitative estimate of drug-likeness (QED) is 0.875. The molecule has 3 rings (SSSR count). The Morgan fingerprint density at radius 3 is 3.05 bits per heavy atom. The Morgan fingerprint density at radius 2 is 2.25 bits per heavy atom. The van der Waals surface area contributed by atoms with Crippen LogP contribution in [0.3, 0.4) is 0 Å². The van der Waals surface area contributed by atoms with Crippen LogP contribution in [0.4, 0.5) is 11.6 Å². The molecule has 108 valence electrons. The SMILES string of the molecule is CCCNc1cn2ccnc2c(NC2CCOCC2)n1. The third kappa shape index (κ3) is 2.85. The van der Waals surface area contributed by atoms with Gasteiger partial charge in [-0.15, -0.1) is 0 Å². The molecule has 0 bridgehead atoms. The number of anilines is 2. The first-order chi connectivity index (χ1) is 9.86. The van der Waals surface area contributed by atoms with Gasteiger partial charge in [-0.25, -0.2) is 9.97 Å². The van der Waals surface area contributed by atoms with Crippen LogP contribution < -0.4 is 10.6 Å². The highest BCUT2D eigenvalue weighted by molar-refractivity contribution is 5.65. The highest BCUT2D eigenvalue weighted by atomic mass is 16.5. The van der Waals surface area contributed by atoms with E-state index in [4.69, 9.17) is 4.74 Å². The van der Waals surface area contributed by atoms with E-state index in [0.29, 0.717) is 6.04 Å². The van der Waals surface area contributed by atoms with Crippen LogP contribution in [0, 0.1) is 0 Å². The molecule has 0 aliphatic carbocycles. The highest BCUT2D eigenvalue weighted by Gasteiger charge is 2.16. The summed E-state index contributed by atoms with van der Waals surface area (Å²) in [6.45, 7) is 4.69. The molecule has 0 saturated carbocycles. The van der Waals surface area contributed by atoms with Gasteiger partial charge in [0.1, 0.15) is 5.82 Å². The average molecular weight is 275 g/mol. The molecule has 0 radical (unpaired) electrons. The smallest absolute Gasteiger partial charge is 0.180 e. The lowest BCUT2D eigenvalue weighted by atomic mass is 10.1. The van der Waals surface area contributed by atoms with Crippen LogP contribution in [-0.2, 0) is 4.74 Å². The number of fused-ring (bicyclic) bond motifs is 1. The van der Waals surface area contributed by atoms with Gasteiger partial charge in [0.2, 0.25) is 0 Å². The molecule has 0 aromatic carbocycles. The Labute approximate surface area is 118 Å². The Bertz CT molecular complexity index is 562. The summed E-state index contributed by atoms with van der Waals surface area (Å²) in [5.74, 6) is 1.73. The zero-order valence-corrected chi connectivity index (χ0v) is 11.8. The lowest BCUT2D eigenvalue weighted by Crippen LogP contribution is -2.28. The number of ether oxygens (including phenoxy) is 1. The van der Waals surface area contributed by atoms with Crippen molar-refractivity contribution >= 4 is 17.3 Å². The summed E-state index contributed by atoms with van der Waals surface area (Å²) in [6.07, 6.45) is 8.83. The van der Waals surface area contributed by atoms with Crippen molar-refractivity contribution in [2.24, 2.45) is 0 Å². The number of nitrogens with one attached hydrogen (secondary N) is 2. The lowest BCUT2D eigenvalue weighted by Gasteiger charge is -2.24. The Morgan fingerprint density at radius 1 is 1.40 bits per heavy atom. The third-order valence-corrected chi connectivity index (χ3v) is 3.49. The lowest BCUT2D eigenvalue weighted by molar-refractivity contribution is 0.0904. The zero-order chi connectivity index (χ0) is 13.8. The van der Waals surface area contributed by atoms with Gasteiger partial charge in [0.15, 0.2) is 11.5 Å². The standard InChI is InChI=1S/C14H21N5O/c1-2-5-15-12-10-19-7-6-16-14(19)13(18-12)17-11-3-8-20-9-4-11/h6-7,10-11,15H,2-5,8-9H2,1H3,(H,17,18). The summed E-state index contributed by atoms with van der Waals surface area (Å²) in [5, 5.41) is 6.84. The molecular formula is C14H21N5O. The van der Waals surface area contributed by atoms with Crippen LogP contribution in [0.2, 0.25) is 0 Å². The summed E-state index contributed by atoms with van der Waals surface area (Å²) >= 11 is 0. The Balaban J connectivity index is 1.84. The maximum Gasteiger partial charge on any atom is 0.180 e. The van der Waals surface area contributed by atoms with Gasteiger partial charge in [-0.2, -0.15) is 0 Å². The van der Waals surface area contributed by atoms with Crippen molar-refractivity contribution < 1.29 is 4.74 Å². The van der Waals surface area contributed by atoms with E-state index in [1.165, 1.54) is 0 Å². The molecule has 20 heavy (non-hydrogen) atoms. The molecule has 1 saturated heterocycles. The van der Waals surface area contributed by atoms with Crippen LogP contribution in [0.1, 0.15) is 26.2 Å². The first-order valence-corrected chi connectivity index (χ1v) is 7.28. The first-order valence-electron chi connectivity index (χ1n) is 7.28. The van der Waals surface area contributed by atoms with E-state index in [-0.39, 0.29) is 0 Å². The second-order valence-electron chi connectivity index (χ2n) is 5.09. The maximum atomic E-state index is 5.39. The van der Waals surface area contributed by atoms with E-state index >= 15 is 0 Å². The fourth-order valence-corrected chi connectivity index (χ4v) is 2.40. The molecule has 1 aliphatic heterocycles. The van der Waals surface area contributed by atoms with Crippen molar-refractivity contribution in [2.75, 3.05) is 30.4 Å². The average Bonchev–Trinajstić information content (AvgIpc) is 2.95. The van der Waals surface area contributed by atoms with Crippen LogP contribution in [0.5, 0.6) is 0 Å². The minimum absolute atomic E-state index is 0.415. The number of aromatic nitrogens is 3. The number of imidazole rings is 1. The molecule has 2 aromatic rings. The zero-order valence-electron chi connectivity index (χ0n) is 11.8. The second-order valence-corrected chi connectivity index (χ2v) is 5.09.